The first kappa shape index (κ1) is 23.6. The van der Waals surface area contributed by atoms with Gasteiger partial charge in [-0.3, -0.25) is 9.59 Å². The zero-order valence-corrected chi connectivity index (χ0v) is 18.7. The van der Waals surface area contributed by atoms with E-state index in [2.05, 4.69) is 20.5 Å². The van der Waals surface area contributed by atoms with Gasteiger partial charge in [-0.25, -0.2) is 14.3 Å². The number of nitrogens with one attached hydrogen (secondary N) is 1. The fourth-order valence-electron chi connectivity index (χ4n) is 4.07. The van der Waals surface area contributed by atoms with Crippen LogP contribution in [0.2, 0.25) is 0 Å². The second-order valence-corrected chi connectivity index (χ2v) is 8.15. The Bertz CT molecular complexity index is 1300. The predicted molar refractivity (Wildman–Crippen MR) is 125 cm³/mol. The number of aldehydes is 1. The first-order chi connectivity index (χ1) is 16.9. The summed E-state index contributed by atoms with van der Waals surface area (Å²) in [4.78, 5) is 49.5. The second-order valence-electron chi connectivity index (χ2n) is 8.15. The number of hydrogen-bond donors (Lipinski definition) is 3. The summed E-state index contributed by atoms with van der Waals surface area (Å²) in [7, 11) is 0. The standard InChI is InChI=1S/C24H23N5O6/c30-14-17-12-18(28-9-2-1-3-10-28)7-8-19(17)25-22(31)16-6-4-5-15(11-16)13-29-21(24(34)35)20(23(32)33)26-27-29/h4-8,11-12,14H,1-3,9-10,13H2,(H,25,31)(H,32,33)(H,34,35). The van der Waals surface area contributed by atoms with Gasteiger partial charge in [-0.1, -0.05) is 17.3 Å². The molecule has 1 aromatic heterocycles. The summed E-state index contributed by atoms with van der Waals surface area (Å²) in [5, 5.41) is 28.3. The molecular weight excluding hydrogens is 454 g/mol. The SMILES string of the molecule is O=Cc1cc(N2CCCCC2)ccc1NC(=O)c1cccc(Cn2nnc(C(=O)O)c2C(=O)O)c1. The number of rotatable bonds is 8. The molecule has 1 amide bonds. The maximum absolute atomic E-state index is 12.9. The number of anilines is 2. The Morgan fingerprint density at radius 2 is 1.77 bits per heavy atom. The Labute approximate surface area is 200 Å². The number of carbonyl (C=O) groups excluding carboxylic acids is 2. The van der Waals surface area contributed by atoms with Gasteiger partial charge >= 0.3 is 11.9 Å². The number of carboxylic acid groups (broad SMARTS) is 2. The largest absolute Gasteiger partial charge is 0.476 e. The van der Waals surface area contributed by atoms with Crippen LogP contribution in [0.15, 0.2) is 42.5 Å². The topological polar surface area (TPSA) is 155 Å². The maximum Gasteiger partial charge on any atom is 0.359 e. The van der Waals surface area contributed by atoms with Crippen LogP contribution in [-0.4, -0.2) is 62.4 Å². The van der Waals surface area contributed by atoms with E-state index in [0.29, 0.717) is 23.1 Å². The van der Waals surface area contributed by atoms with Gasteiger partial charge < -0.3 is 20.4 Å². The van der Waals surface area contributed by atoms with Crippen molar-refractivity contribution in [1.29, 1.82) is 0 Å². The van der Waals surface area contributed by atoms with Crippen LogP contribution in [-0.2, 0) is 6.54 Å². The van der Waals surface area contributed by atoms with E-state index in [0.717, 1.165) is 36.3 Å². The highest BCUT2D eigenvalue weighted by atomic mass is 16.4. The molecule has 0 bridgehead atoms. The summed E-state index contributed by atoms with van der Waals surface area (Å²) >= 11 is 0. The van der Waals surface area contributed by atoms with E-state index in [1.165, 1.54) is 12.5 Å². The van der Waals surface area contributed by atoms with Gasteiger partial charge in [0.25, 0.3) is 5.91 Å². The highest BCUT2D eigenvalue weighted by Crippen LogP contribution is 2.25. The molecule has 1 saturated heterocycles. The molecule has 3 aromatic rings. The van der Waals surface area contributed by atoms with Crippen LogP contribution in [0.3, 0.4) is 0 Å². The van der Waals surface area contributed by atoms with Gasteiger partial charge in [-0.05, 0) is 55.2 Å². The van der Waals surface area contributed by atoms with E-state index >= 15 is 0 Å². The molecule has 0 aliphatic carbocycles. The first-order valence-corrected chi connectivity index (χ1v) is 11.0. The summed E-state index contributed by atoms with van der Waals surface area (Å²) in [6.07, 6.45) is 4.11. The van der Waals surface area contributed by atoms with Crippen LogP contribution in [0.25, 0.3) is 0 Å². The molecule has 1 aliphatic heterocycles. The van der Waals surface area contributed by atoms with Gasteiger partial charge in [0, 0.05) is 29.9 Å². The highest BCUT2D eigenvalue weighted by molar-refractivity contribution is 6.06. The van der Waals surface area contributed by atoms with Crippen molar-refractivity contribution in [2.75, 3.05) is 23.3 Å². The number of hydrogen-bond acceptors (Lipinski definition) is 7. The minimum atomic E-state index is -1.50. The Kier molecular flexibility index (Phi) is 6.86. The maximum atomic E-state index is 12.9. The zero-order chi connectivity index (χ0) is 24.9. The first-order valence-electron chi connectivity index (χ1n) is 11.0. The molecule has 0 atom stereocenters. The van der Waals surface area contributed by atoms with Crippen molar-refractivity contribution in [3.8, 4) is 0 Å². The highest BCUT2D eigenvalue weighted by Gasteiger charge is 2.25. The molecule has 1 aliphatic rings. The number of carbonyl (C=O) groups is 4. The molecule has 2 heterocycles. The lowest BCUT2D eigenvalue weighted by Gasteiger charge is -2.29. The fourth-order valence-corrected chi connectivity index (χ4v) is 4.07. The van der Waals surface area contributed by atoms with E-state index in [1.54, 1.807) is 30.3 Å². The van der Waals surface area contributed by atoms with Crippen LogP contribution in [0.4, 0.5) is 11.4 Å². The van der Waals surface area contributed by atoms with Crippen molar-refractivity contribution in [1.82, 2.24) is 15.0 Å². The smallest absolute Gasteiger partial charge is 0.359 e. The molecule has 2 aromatic carbocycles. The summed E-state index contributed by atoms with van der Waals surface area (Å²) in [6, 6.07) is 11.7. The summed E-state index contributed by atoms with van der Waals surface area (Å²) < 4.78 is 0.951. The monoisotopic (exact) mass is 477 g/mol. The van der Waals surface area contributed by atoms with Crippen molar-refractivity contribution in [3.05, 3.63) is 70.5 Å². The number of amides is 1. The Morgan fingerprint density at radius 3 is 2.46 bits per heavy atom. The average Bonchev–Trinajstić information content (AvgIpc) is 3.29. The molecule has 0 spiro atoms. The van der Waals surface area contributed by atoms with Gasteiger partial charge in [0.05, 0.1) is 12.2 Å². The van der Waals surface area contributed by atoms with E-state index < -0.39 is 29.2 Å². The van der Waals surface area contributed by atoms with Crippen LogP contribution in [0.1, 0.15) is 66.5 Å². The zero-order valence-electron chi connectivity index (χ0n) is 18.7. The second kappa shape index (κ2) is 10.2. The molecule has 35 heavy (non-hydrogen) atoms. The van der Waals surface area contributed by atoms with Gasteiger partial charge in [0.15, 0.2) is 12.0 Å². The normalized spacial score (nSPS) is 13.3. The van der Waals surface area contributed by atoms with E-state index in [-0.39, 0.29) is 12.1 Å². The molecule has 180 valence electrons. The van der Waals surface area contributed by atoms with Crippen LogP contribution < -0.4 is 10.2 Å². The number of aromatic nitrogens is 3. The van der Waals surface area contributed by atoms with Gasteiger partial charge in [-0.15, -0.1) is 5.10 Å². The number of benzene rings is 2. The molecule has 3 N–H and O–H groups in total. The minimum absolute atomic E-state index is 0.104. The van der Waals surface area contributed by atoms with Crippen molar-refractivity contribution in [3.63, 3.8) is 0 Å². The number of piperidine rings is 1. The minimum Gasteiger partial charge on any atom is -0.476 e. The molecule has 0 unspecified atom stereocenters. The summed E-state index contributed by atoms with van der Waals surface area (Å²) in [6.45, 7) is 1.76. The molecule has 11 nitrogen and oxygen atoms in total. The summed E-state index contributed by atoms with van der Waals surface area (Å²) in [5.41, 5.74) is 1.25. The lowest BCUT2D eigenvalue weighted by atomic mass is 10.1. The molecule has 4 rings (SSSR count). The Hall–Kier alpha value is -4.54. The molecular formula is C24H23N5O6. The third-order valence-corrected chi connectivity index (χ3v) is 5.79. The Balaban J connectivity index is 1.52. The number of carboxylic acids is 2. The molecule has 0 saturated carbocycles. The van der Waals surface area contributed by atoms with Crippen LogP contribution in [0.5, 0.6) is 0 Å². The quantitative estimate of drug-likeness (QED) is 0.415. The number of aromatic carboxylic acids is 2. The third-order valence-electron chi connectivity index (χ3n) is 5.79. The lowest BCUT2D eigenvalue weighted by molar-refractivity contribution is 0.0640. The molecule has 11 heteroatoms. The van der Waals surface area contributed by atoms with Gasteiger partial charge in [0.2, 0.25) is 5.69 Å². The van der Waals surface area contributed by atoms with Crippen LogP contribution >= 0.6 is 0 Å². The lowest BCUT2D eigenvalue weighted by Crippen LogP contribution is -2.29. The van der Waals surface area contributed by atoms with Gasteiger partial charge in [0.1, 0.15) is 0 Å². The van der Waals surface area contributed by atoms with Crippen molar-refractivity contribution in [2.45, 2.75) is 25.8 Å². The van der Waals surface area contributed by atoms with Crippen molar-refractivity contribution < 1.29 is 29.4 Å². The third kappa shape index (κ3) is 5.18. The Morgan fingerprint density at radius 1 is 1.00 bits per heavy atom. The van der Waals surface area contributed by atoms with Gasteiger partial charge in [-0.2, -0.15) is 0 Å². The van der Waals surface area contributed by atoms with E-state index in [4.69, 9.17) is 5.11 Å². The van der Waals surface area contributed by atoms with Crippen LogP contribution in [0, 0.1) is 0 Å². The summed E-state index contributed by atoms with van der Waals surface area (Å²) in [5.74, 6) is -3.43. The predicted octanol–water partition coefficient (Wildman–Crippen LogP) is 2.78. The fraction of sp³-hybridized carbons (Fsp3) is 0.250. The molecule has 1 fully saturated rings. The average molecular weight is 477 g/mol. The van der Waals surface area contributed by atoms with E-state index in [1.807, 2.05) is 6.07 Å². The number of nitrogens with zero attached hydrogens (tertiary/aromatic N) is 4. The van der Waals surface area contributed by atoms with E-state index in [9.17, 15) is 24.3 Å². The molecule has 0 radical (unpaired) electrons. The van der Waals surface area contributed by atoms with Crippen molar-refractivity contribution in [2.24, 2.45) is 0 Å². The van der Waals surface area contributed by atoms with Crippen molar-refractivity contribution >= 4 is 35.5 Å².